The average Bonchev–Trinajstić information content (AvgIpc) is 1.95. The summed E-state index contributed by atoms with van der Waals surface area (Å²) < 4.78 is 2.61. The van der Waals surface area contributed by atoms with Gasteiger partial charge in [-0.1, -0.05) is 0 Å². The molecule has 0 unspecified atom stereocenters. The summed E-state index contributed by atoms with van der Waals surface area (Å²) in [5.41, 5.74) is 5.83. The lowest BCUT2D eigenvalue weighted by Crippen LogP contribution is -2.29. The molecule has 1 aromatic rings. The highest BCUT2D eigenvalue weighted by Crippen LogP contribution is 2.30. The lowest BCUT2D eigenvalue weighted by Gasteiger charge is -2.27. The van der Waals surface area contributed by atoms with Gasteiger partial charge in [-0.3, -0.25) is 4.79 Å². The Hall–Kier alpha value is -0.770. The van der Waals surface area contributed by atoms with Crippen LogP contribution in [0.15, 0.2) is 21.5 Å². The second-order valence-corrected chi connectivity index (χ2v) is 4.33. The van der Waals surface area contributed by atoms with Gasteiger partial charge in [0.1, 0.15) is 0 Å². The molecule has 3 nitrogen and oxygen atoms in total. The van der Waals surface area contributed by atoms with Gasteiger partial charge in [0.2, 0.25) is 0 Å². The van der Waals surface area contributed by atoms with Gasteiger partial charge in [0.05, 0.1) is 5.69 Å². The number of anilines is 1. The molecule has 1 aliphatic carbocycles. The van der Waals surface area contributed by atoms with E-state index in [-0.39, 0.29) is 5.56 Å². The third-order valence-electron chi connectivity index (χ3n) is 2.51. The minimum atomic E-state index is -0.0621. The summed E-state index contributed by atoms with van der Waals surface area (Å²) in [7, 11) is 0. The highest BCUT2D eigenvalue weighted by Gasteiger charge is 2.20. The molecule has 70 valence electrons. The third kappa shape index (κ3) is 1.50. The fourth-order valence-electron chi connectivity index (χ4n) is 1.52. The van der Waals surface area contributed by atoms with Crippen LogP contribution in [0.4, 0.5) is 5.69 Å². The van der Waals surface area contributed by atoms with Crippen molar-refractivity contribution in [2.24, 2.45) is 0 Å². The zero-order chi connectivity index (χ0) is 9.42. The van der Waals surface area contributed by atoms with Gasteiger partial charge in [0.15, 0.2) is 0 Å². The zero-order valence-corrected chi connectivity index (χ0v) is 8.75. The predicted octanol–water partition coefficient (Wildman–Crippen LogP) is 1.92. The fraction of sp³-hybridized carbons (Fsp3) is 0.444. The number of halogens is 1. The van der Waals surface area contributed by atoms with Crippen LogP contribution in [0, 0.1) is 0 Å². The Labute approximate surface area is 84.7 Å². The van der Waals surface area contributed by atoms with Crippen LogP contribution in [0.5, 0.6) is 0 Å². The molecule has 0 radical (unpaired) electrons. The molecule has 0 aliphatic heterocycles. The number of aromatic nitrogens is 1. The fourth-order valence-corrected chi connectivity index (χ4v) is 1.99. The first-order chi connectivity index (χ1) is 6.18. The largest absolute Gasteiger partial charge is 0.394 e. The van der Waals surface area contributed by atoms with Crippen molar-refractivity contribution in [3.05, 3.63) is 27.1 Å². The molecule has 0 spiro atoms. The van der Waals surface area contributed by atoms with Crippen LogP contribution in [0.1, 0.15) is 25.3 Å². The van der Waals surface area contributed by atoms with E-state index in [1.807, 2.05) is 6.20 Å². The SMILES string of the molecule is Nc1cc(Br)cn(C2CCC2)c1=O. The number of nitrogens with zero attached hydrogens (tertiary/aromatic N) is 1. The van der Waals surface area contributed by atoms with Crippen molar-refractivity contribution >= 4 is 21.6 Å². The van der Waals surface area contributed by atoms with Crippen molar-refractivity contribution in [2.75, 3.05) is 5.73 Å². The molecular formula is C9H11BrN2O. The molecule has 0 saturated heterocycles. The molecular weight excluding hydrogens is 232 g/mol. The Kier molecular flexibility index (Phi) is 2.15. The first-order valence-corrected chi connectivity index (χ1v) is 5.15. The summed E-state index contributed by atoms with van der Waals surface area (Å²) in [6.07, 6.45) is 5.22. The van der Waals surface area contributed by atoms with Crippen LogP contribution in [0.3, 0.4) is 0 Å². The van der Waals surface area contributed by atoms with Crippen molar-refractivity contribution in [3.8, 4) is 0 Å². The normalized spacial score (nSPS) is 17.0. The number of hydrogen-bond acceptors (Lipinski definition) is 2. The Bertz CT molecular complexity index is 382. The zero-order valence-electron chi connectivity index (χ0n) is 7.16. The van der Waals surface area contributed by atoms with Gasteiger partial charge in [-0.25, -0.2) is 0 Å². The first kappa shape index (κ1) is 8.81. The number of rotatable bonds is 1. The summed E-state index contributed by atoms with van der Waals surface area (Å²) in [6.45, 7) is 0. The van der Waals surface area contributed by atoms with Gasteiger partial charge in [0.25, 0.3) is 5.56 Å². The monoisotopic (exact) mass is 242 g/mol. The highest BCUT2D eigenvalue weighted by atomic mass is 79.9. The van der Waals surface area contributed by atoms with E-state index < -0.39 is 0 Å². The Morgan fingerprint density at radius 3 is 2.77 bits per heavy atom. The lowest BCUT2D eigenvalue weighted by molar-refractivity contribution is 0.306. The molecule has 0 bridgehead atoms. The van der Waals surface area contributed by atoms with Crippen LogP contribution in [0.25, 0.3) is 0 Å². The molecule has 1 saturated carbocycles. The van der Waals surface area contributed by atoms with Gasteiger partial charge in [-0.15, -0.1) is 0 Å². The summed E-state index contributed by atoms with van der Waals surface area (Å²) in [6, 6.07) is 2.02. The van der Waals surface area contributed by atoms with Gasteiger partial charge >= 0.3 is 0 Å². The Morgan fingerprint density at radius 2 is 2.23 bits per heavy atom. The maximum Gasteiger partial charge on any atom is 0.273 e. The molecule has 1 fully saturated rings. The molecule has 1 heterocycles. The quantitative estimate of drug-likeness (QED) is 0.819. The molecule has 1 aliphatic rings. The molecule has 4 heteroatoms. The Morgan fingerprint density at radius 1 is 1.54 bits per heavy atom. The number of nitrogen functional groups attached to an aromatic ring is 1. The minimum absolute atomic E-state index is 0.0621. The van der Waals surface area contributed by atoms with Crippen molar-refractivity contribution in [3.63, 3.8) is 0 Å². The van der Waals surface area contributed by atoms with Crippen molar-refractivity contribution in [2.45, 2.75) is 25.3 Å². The van der Waals surface area contributed by atoms with E-state index >= 15 is 0 Å². The van der Waals surface area contributed by atoms with Crippen LogP contribution < -0.4 is 11.3 Å². The van der Waals surface area contributed by atoms with E-state index in [2.05, 4.69) is 15.9 Å². The summed E-state index contributed by atoms with van der Waals surface area (Å²) >= 11 is 3.33. The second-order valence-electron chi connectivity index (χ2n) is 3.41. The van der Waals surface area contributed by atoms with E-state index in [1.54, 1.807) is 10.6 Å². The average molecular weight is 243 g/mol. The van der Waals surface area contributed by atoms with E-state index in [0.29, 0.717) is 11.7 Å². The smallest absolute Gasteiger partial charge is 0.273 e. The van der Waals surface area contributed by atoms with Crippen molar-refractivity contribution in [1.29, 1.82) is 0 Å². The third-order valence-corrected chi connectivity index (χ3v) is 2.94. The molecule has 0 atom stereocenters. The maximum absolute atomic E-state index is 11.6. The van der Waals surface area contributed by atoms with E-state index in [0.717, 1.165) is 17.3 Å². The van der Waals surface area contributed by atoms with Gasteiger partial charge in [-0.2, -0.15) is 0 Å². The summed E-state index contributed by atoms with van der Waals surface area (Å²) in [5, 5.41) is 0. The number of nitrogens with two attached hydrogens (primary N) is 1. The standard InChI is InChI=1S/C9H11BrN2O/c10-6-4-8(11)9(13)12(5-6)7-2-1-3-7/h4-5,7H,1-3,11H2. The molecule has 13 heavy (non-hydrogen) atoms. The molecule has 0 aromatic carbocycles. The van der Waals surface area contributed by atoms with Crippen molar-refractivity contribution < 1.29 is 0 Å². The van der Waals surface area contributed by atoms with Crippen LogP contribution in [-0.2, 0) is 0 Å². The van der Waals surface area contributed by atoms with Crippen LogP contribution in [0.2, 0.25) is 0 Å². The van der Waals surface area contributed by atoms with E-state index in [9.17, 15) is 4.79 Å². The van der Waals surface area contributed by atoms with Crippen LogP contribution in [-0.4, -0.2) is 4.57 Å². The lowest BCUT2D eigenvalue weighted by atomic mass is 9.93. The predicted molar refractivity (Wildman–Crippen MR) is 55.7 cm³/mol. The van der Waals surface area contributed by atoms with Crippen LogP contribution >= 0.6 is 15.9 Å². The number of pyridine rings is 1. The molecule has 0 amide bonds. The summed E-state index contributed by atoms with van der Waals surface area (Å²) in [4.78, 5) is 11.6. The first-order valence-electron chi connectivity index (χ1n) is 4.35. The maximum atomic E-state index is 11.6. The highest BCUT2D eigenvalue weighted by molar-refractivity contribution is 9.10. The van der Waals surface area contributed by atoms with Gasteiger partial charge in [-0.05, 0) is 41.3 Å². The second kappa shape index (κ2) is 3.18. The van der Waals surface area contributed by atoms with E-state index in [1.165, 1.54) is 6.42 Å². The molecule has 2 rings (SSSR count). The van der Waals surface area contributed by atoms with Gasteiger partial charge < -0.3 is 10.3 Å². The van der Waals surface area contributed by atoms with E-state index in [4.69, 9.17) is 5.73 Å². The van der Waals surface area contributed by atoms with Crippen molar-refractivity contribution in [1.82, 2.24) is 4.57 Å². The molecule has 1 aromatic heterocycles. The molecule has 2 N–H and O–H groups in total. The minimum Gasteiger partial charge on any atom is -0.394 e. The topological polar surface area (TPSA) is 48.0 Å². The summed E-state index contributed by atoms with van der Waals surface area (Å²) in [5.74, 6) is 0. The number of hydrogen-bond donors (Lipinski definition) is 1. The Balaban J connectivity index is 2.49. The van der Waals surface area contributed by atoms with Gasteiger partial charge in [0, 0.05) is 16.7 Å².